The summed E-state index contributed by atoms with van der Waals surface area (Å²) in [6.07, 6.45) is 2.71. The molecule has 2 N–H and O–H groups in total. The van der Waals surface area contributed by atoms with E-state index in [9.17, 15) is 4.79 Å². The molecule has 0 aromatic carbocycles. The molecule has 0 aliphatic carbocycles. The van der Waals surface area contributed by atoms with Crippen molar-refractivity contribution in [3.63, 3.8) is 0 Å². The van der Waals surface area contributed by atoms with E-state index in [0.717, 1.165) is 19.3 Å². The molecule has 3 nitrogen and oxygen atoms in total. The van der Waals surface area contributed by atoms with Gasteiger partial charge in [-0.25, -0.2) is 0 Å². The topological polar surface area (TPSA) is 57.5 Å². The highest BCUT2D eigenvalue weighted by Gasteiger charge is 2.14. The maximum absolute atomic E-state index is 10.2. The number of unbranched alkanes of at least 4 members (excludes halogenated alkanes) is 2. The Kier molecular flexibility index (Phi) is 6.07. The number of carbonyl (C=O) groups excluding carboxylic acids is 1. The second-order valence-electron chi connectivity index (χ2n) is 2.71. The maximum atomic E-state index is 10.2. The first-order chi connectivity index (χ1) is 5.22. The fourth-order valence-corrected chi connectivity index (χ4v) is 0.917. The van der Waals surface area contributed by atoms with Gasteiger partial charge in [0.2, 0.25) is 0 Å². The zero-order valence-corrected chi connectivity index (χ0v) is 6.86. The van der Waals surface area contributed by atoms with Crippen LogP contribution in [0.15, 0.2) is 0 Å². The van der Waals surface area contributed by atoms with E-state index in [2.05, 4.69) is 6.92 Å². The van der Waals surface area contributed by atoms with Gasteiger partial charge in [0.1, 0.15) is 6.29 Å². The molecule has 0 rings (SSSR count). The van der Waals surface area contributed by atoms with Crippen molar-refractivity contribution in [1.82, 2.24) is 0 Å². The summed E-state index contributed by atoms with van der Waals surface area (Å²) < 4.78 is 0. The van der Waals surface area contributed by atoms with E-state index in [1.54, 1.807) is 0 Å². The standard InChI is InChI=1S/C8H16O3/c1-2-3-4-5-7(6-9)8(10)11/h6-8,10-11H,2-5H2,1H3. The zero-order valence-electron chi connectivity index (χ0n) is 6.86. The van der Waals surface area contributed by atoms with E-state index in [4.69, 9.17) is 10.2 Å². The van der Waals surface area contributed by atoms with Crippen LogP contribution in [0, 0.1) is 5.92 Å². The number of rotatable bonds is 6. The van der Waals surface area contributed by atoms with Crippen LogP contribution >= 0.6 is 0 Å². The number of hydrogen-bond donors (Lipinski definition) is 2. The Balaban J connectivity index is 3.44. The van der Waals surface area contributed by atoms with Crippen LogP contribution in [0.1, 0.15) is 32.6 Å². The van der Waals surface area contributed by atoms with Gasteiger partial charge in [-0.2, -0.15) is 0 Å². The summed E-state index contributed by atoms with van der Waals surface area (Å²) in [7, 11) is 0. The van der Waals surface area contributed by atoms with Crippen LogP contribution in [-0.4, -0.2) is 22.8 Å². The highest BCUT2D eigenvalue weighted by Crippen LogP contribution is 2.09. The third-order valence-corrected chi connectivity index (χ3v) is 1.70. The van der Waals surface area contributed by atoms with Crippen molar-refractivity contribution >= 4 is 6.29 Å². The van der Waals surface area contributed by atoms with Crippen molar-refractivity contribution < 1.29 is 15.0 Å². The molecule has 0 saturated heterocycles. The molecule has 0 fully saturated rings. The van der Waals surface area contributed by atoms with E-state index < -0.39 is 12.2 Å². The molecular weight excluding hydrogens is 144 g/mol. The molecule has 3 heteroatoms. The van der Waals surface area contributed by atoms with E-state index in [1.165, 1.54) is 0 Å². The molecular formula is C8H16O3. The Morgan fingerprint density at radius 3 is 2.36 bits per heavy atom. The molecule has 0 aliphatic rings. The molecule has 1 atom stereocenters. The smallest absolute Gasteiger partial charge is 0.160 e. The van der Waals surface area contributed by atoms with Gasteiger partial charge in [0.05, 0.1) is 5.92 Å². The average molecular weight is 160 g/mol. The lowest BCUT2D eigenvalue weighted by molar-refractivity contribution is -0.128. The SMILES string of the molecule is CCCCCC(C=O)C(O)O. The minimum absolute atomic E-state index is 0.578. The van der Waals surface area contributed by atoms with Crippen LogP contribution in [0.3, 0.4) is 0 Å². The second kappa shape index (κ2) is 6.31. The molecule has 66 valence electrons. The summed E-state index contributed by atoms with van der Waals surface area (Å²) in [5.74, 6) is -0.596. The van der Waals surface area contributed by atoms with E-state index >= 15 is 0 Å². The highest BCUT2D eigenvalue weighted by atomic mass is 16.5. The highest BCUT2D eigenvalue weighted by molar-refractivity contribution is 5.53. The third-order valence-electron chi connectivity index (χ3n) is 1.70. The van der Waals surface area contributed by atoms with Gasteiger partial charge in [0, 0.05) is 0 Å². The molecule has 0 aromatic rings. The van der Waals surface area contributed by atoms with E-state index in [0.29, 0.717) is 12.7 Å². The molecule has 0 aromatic heterocycles. The maximum Gasteiger partial charge on any atom is 0.160 e. The molecule has 0 amide bonds. The van der Waals surface area contributed by atoms with Gasteiger partial charge in [0.25, 0.3) is 0 Å². The lowest BCUT2D eigenvalue weighted by Crippen LogP contribution is -2.20. The Morgan fingerprint density at radius 2 is 2.00 bits per heavy atom. The van der Waals surface area contributed by atoms with E-state index in [-0.39, 0.29) is 0 Å². The van der Waals surface area contributed by atoms with Gasteiger partial charge in [-0.3, -0.25) is 0 Å². The van der Waals surface area contributed by atoms with Crippen molar-refractivity contribution in [3.8, 4) is 0 Å². The van der Waals surface area contributed by atoms with Crippen molar-refractivity contribution in [2.24, 2.45) is 5.92 Å². The third kappa shape index (κ3) is 4.93. The van der Waals surface area contributed by atoms with Crippen LogP contribution in [-0.2, 0) is 4.79 Å². The molecule has 11 heavy (non-hydrogen) atoms. The Bertz CT molecular complexity index is 102. The van der Waals surface area contributed by atoms with Gasteiger partial charge in [-0.15, -0.1) is 0 Å². The number of aliphatic hydroxyl groups excluding tert-OH is 1. The van der Waals surface area contributed by atoms with Crippen molar-refractivity contribution in [1.29, 1.82) is 0 Å². The van der Waals surface area contributed by atoms with Gasteiger partial charge >= 0.3 is 0 Å². The summed E-state index contributed by atoms with van der Waals surface area (Å²) in [5.41, 5.74) is 0. The minimum atomic E-state index is -1.48. The Hall–Kier alpha value is -0.410. The summed E-state index contributed by atoms with van der Waals surface area (Å²) in [6.45, 7) is 2.06. The van der Waals surface area contributed by atoms with Gasteiger partial charge in [-0.1, -0.05) is 26.2 Å². The zero-order chi connectivity index (χ0) is 8.69. The lowest BCUT2D eigenvalue weighted by atomic mass is 10.0. The first kappa shape index (κ1) is 10.6. The van der Waals surface area contributed by atoms with Crippen LogP contribution in [0.5, 0.6) is 0 Å². The van der Waals surface area contributed by atoms with E-state index in [1.807, 2.05) is 0 Å². The predicted octanol–water partition coefficient (Wildman–Crippen LogP) is 0.692. The summed E-state index contributed by atoms with van der Waals surface area (Å²) in [4.78, 5) is 10.2. The minimum Gasteiger partial charge on any atom is -0.368 e. The lowest BCUT2D eigenvalue weighted by Gasteiger charge is -2.10. The normalized spacial score (nSPS) is 13.5. The monoisotopic (exact) mass is 160 g/mol. The first-order valence-corrected chi connectivity index (χ1v) is 4.03. The fourth-order valence-electron chi connectivity index (χ4n) is 0.917. The summed E-state index contributed by atoms with van der Waals surface area (Å²) >= 11 is 0. The number of carbonyl (C=O) groups is 1. The van der Waals surface area contributed by atoms with Crippen LogP contribution < -0.4 is 0 Å². The second-order valence-corrected chi connectivity index (χ2v) is 2.71. The molecule has 0 saturated carbocycles. The first-order valence-electron chi connectivity index (χ1n) is 4.03. The van der Waals surface area contributed by atoms with Crippen LogP contribution in [0.4, 0.5) is 0 Å². The van der Waals surface area contributed by atoms with Gasteiger partial charge in [0.15, 0.2) is 6.29 Å². The van der Waals surface area contributed by atoms with Crippen molar-refractivity contribution in [3.05, 3.63) is 0 Å². The largest absolute Gasteiger partial charge is 0.368 e. The number of aliphatic hydroxyl groups is 2. The molecule has 0 spiro atoms. The van der Waals surface area contributed by atoms with Crippen molar-refractivity contribution in [2.45, 2.75) is 38.9 Å². The molecule has 0 aliphatic heterocycles. The Morgan fingerprint density at radius 1 is 1.36 bits per heavy atom. The molecule has 0 bridgehead atoms. The average Bonchev–Trinajstić information content (AvgIpc) is 1.97. The van der Waals surface area contributed by atoms with Crippen molar-refractivity contribution in [2.75, 3.05) is 0 Å². The predicted molar refractivity (Wildman–Crippen MR) is 41.9 cm³/mol. The Labute approximate surface area is 67.0 Å². The van der Waals surface area contributed by atoms with Gasteiger partial charge < -0.3 is 15.0 Å². The number of hydrogen-bond acceptors (Lipinski definition) is 3. The fraction of sp³-hybridized carbons (Fsp3) is 0.875. The molecule has 0 heterocycles. The summed E-state index contributed by atoms with van der Waals surface area (Å²) in [5, 5.41) is 17.3. The quantitative estimate of drug-likeness (QED) is 0.341. The van der Waals surface area contributed by atoms with Crippen LogP contribution in [0.25, 0.3) is 0 Å². The summed E-state index contributed by atoms with van der Waals surface area (Å²) in [6, 6.07) is 0. The molecule has 0 radical (unpaired) electrons. The number of aldehydes is 1. The van der Waals surface area contributed by atoms with Gasteiger partial charge in [-0.05, 0) is 6.42 Å². The van der Waals surface area contributed by atoms with Crippen LogP contribution in [0.2, 0.25) is 0 Å². The molecule has 1 unspecified atom stereocenters.